The summed E-state index contributed by atoms with van der Waals surface area (Å²) in [6.07, 6.45) is 6.25. The minimum atomic E-state index is -3.00. The smallest absolute Gasteiger partial charge is 0.152 e. The molecule has 0 aliphatic rings. The molecule has 0 spiro atoms. The first-order valence-electron chi connectivity index (χ1n) is 5.18. The van der Waals surface area contributed by atoms with Crippen molar-refractivity contribution >= 4 is 21.2 Å². The third-order valence-corrected chi connectivity index (χ3v) is 3.37. The first-order chi connectivity index (χ1) is 7.96. The highest BCUT2D eigenvalue weighted by Crippen LogP contribution is 2.13. The number of fused-ring (bicyclic) bond motifs is 1. The van der Waals surface area contributed by atoms with E-state index in [1.165, 1.54) is 6.26 Å². The van der Waals surface area contributed by atoms with Gasteiger partial charge >= 0.3 is 0 Å². The average Bonchev–Trinajstić information content (AvgIpc) is 2.63. The van der Waals surface area contributed by atoms with Crippen LogP contribution in [0, 0.1) is 0 Å². The summed E-state index contributed by atoms with van der Waals surface area (Å²) in [5.41, 5.74) is 0.827. The number of sulfone groups is 1. The van der Waals surface area contributed by atoms with E-state index in [0.29, 0.717) is 5.82 Å². The maximum Gasteiger partial charge on any atom is 0.152 e. The van der Waals surface area contributed by atoms with Crippen molar-refractivity contribution in [2.75, 3.05) is 17.3 Å². The van der Waals surface area contributed by atoms with Gasteiger partial charge in [-0.3, -0.25) is 0 Å². The van der Waals surface area contributed by atoms with E-state index in [2.05, 4.69) is 15.4 Å². The Kier molecular flexibility index (Phi) is 3.01. The van der Waals surface area contributed by atoms with Gasteiger partial charge in [0.15, 0.2) is 5.82 Å². The van der Waals surface area contributed by atoms with E-state index in [0.717, 1.165) is 5.52 Å². The van der Waals surface area contributed by atoms with Gasteiger partial charge in [-0.1, -0.05) is 0 Å². The minimum Gasteiger partial charge on any atom is -0.365 e. The van der Waals surface area contributed by atoms with E-state index in [-0.39, 0.29) is 11.8 Å². The summed E-state index contributed by atoms with van der Waals surface area (Å²) in [4.78, 5) is 4.18. The fourth-order valence-electron chi connectivity index (χ4n) is 1.70. The van der Waals surface area contributed by atoms with Gasteiger partial charge in [-0.15, -0.1) is 0 Å². The van der Waals surface area contributed by atoms with Crippen LogP contribution in [0.5, 0.6) is 0 Å². The Balaban J connectivity index is 2.21. The maximum atomic E-state index is 11.2. The van der Waals surface area contributed by atoms with Crippen LogP contribution in [0.4, 0.5) is 5.82 Å². The van der Waals surface area contributed by atoms with Gasteiger partial charge < -0.3 is 5.32 Å². The number of rotatable bonds is 4. The summed E-state index contributed by atoms with van der Waals surface area (Å²) in [7, 11) is -3.00. The quantitative estimate of drug-likeness (QED) is 0.863. The Morgan fingerprint density at radius 1 is 1.47 bits per heavy atom. The molecular weight excluding hydrogens is 240 g/mol. The van der Waals surface area contributed by atoms with Crippen molar-refractivity contribution in [3.63, 3.8) is 0 Å². The highest BCUT2D eigenvalue weighted by Gasteiger charge is 2.12. The third kappa shape index (κ3) is 2.94. The summed E-state index contributed by atoms with van der Waals surface area (Å²) in [5.74, 6) is 0.713. The maximum absolute atomic E-state index is 11.2. The van der Waals surface area contributed by atoms with Gasteiger partial charge in [0.25, 0.3) is 0 Å². The molecule has 2 aromatic rings. The molecular formula is C10H14N4O2S. The molecule has 2 heterocycles. The molecule has 0 aliphatic carbocycles. The number of nitrogens with zero attached hydrogens (tertiary/aromatic N) is 3. The van der Waals surface area contributed by atoms with Crippen molar-refractivity contribution in [3.05, 3.63) is 24.7 Å². The van der Waals surface area contributed by atoms with E-state index in [4.69, 9.17) is 0 Å². The van der Waals surface area contributed by atoms with Gasteiger partial charge in [-0.25, -0.2) is 17.9 Å². The number of aromatic nitrogens is 3. The highest BCUT2D eigenvalue weighted by molar-refractivity contribution is 7.90. The zero-order valence-corrected chi connectivity index (χ0v) is 10.5. The Morgan fingerprint density at radius 3 is 2.94 bits per heavy atom. The van der Waals surface area contributed by atoms with Crippen molar-refractivity contribution in [3.8, 4) is 0 Å². The largest absolute Gasteiger partial charge is 0.365 e. The molecule has 17 heavy (non-hydrogen) atoms. The normalized spacial score (nSPS) is 13.8. The number of anilines is 1. The molecule has 1 unspecified atom stereocenters. The zero-order chi connectivity index (χ0) is 12.5. The van der Waals surface area contributed by atoms with Crippen LogP contribution in [0.25, 0.3) is 5.52 Å². The molecule has 0 fully saturated rings. The van der Waals surface area contributed by atoms with E-state index >= 15 is 0 Å². The van der Waals surface area contributed by atoms with Crippen LogP contribution >= 0.6 is 0 Å². The molecule has 0 aromatic carbocycles. The Labute approximate surface area is 99.6 Å². The predicted octanol–water partition coefficient (Wildman–Crippen LogP) is 0.574. The summed E-state index contributed by atoms with van der Waals surface area (Å²) in [5, 5.41) is 7.16. The van der Waals surface area contributed by atoms with E-state index in [1.54, 1.807) is 23.1 Å². The second-order valence-corrected chi connectivity index (χ2v) is 6.26. The molecule has 1 atom stereocenters. The highest BCUT2D eigenvalue weighted by atomic mass is 32.2. The van der Waals surface area contributed by atoms with Gasteiger partial charge in [0, 0.05) is 24.7 Å². The third-order valence-electron chi connectivity index (χ3n) is 2.26. The fourth-order valence-corrected chi connectivity index (χ4v) is 2.69. The number of nitrogens with one attached hydrogen (secondary N) is 1. The van der Waals surface area contributed by atoms with Gasteiger partial charge in [0.2, 0.25) is 0 Å². The molecule has 0 saturated carbocycles. The summed E-state index contributed by atoms with van der Waals surface area (Å²) < 4.78 is 24.0. The van der Waals surface area contributed by atoms with Crippen LogP contribution in [-0.4, -0.2) is 41.1 Å². The topological polar surface area (TPSA) is 76.4 Å². The first-order valence-corrected chi connectivity index (χ1v) is 7.24. The summed E-state index contributed by atoms with van der Waals surface area (Å²) in [6.45, 7) is 1.81. The molecule has 92 valence electrons. The summed E-state index contributed by atoms with van der Waals surface area (Å²) in [6, 6.07) is 1.63. The van der Waals surface area contributed by atoms with Crippen LogP contribution in [-0.2, 0) is 9.84 Å². The molecule has 1 N–H and O–H groups in total. The molecule has 6 nitrogen and oxygen atoms in total. The van der Waals surface area contributed by atoms with Crippen molar-refractivity contribution < 1.29 is 8.42 Å². The summed E-state index contributed by atoms with van der Waals surface area (Å²) >= 11 is 0. The monoisotopic (exact) mass is 254 g/mol. The predicted molar refractivity (Wildman–Crippen MR) is 65.8 cm³/mol. The van der Waals surface area contributed by atoms with Gasteiger partial charge in [-0.05, 0) is 13.0 Å². The molecule has 0 bridgehead atoms. The van der Waals surface area contributed by atoms with E-state index in [1.807, 2.05) is 13.0 Å². The lowest BCUT2D eigenvalue weighted by Crippen LogP contribution is -2.25. The minimum absolute atomic E-state index is 0.0733. The first kappa shape index (κ1) is 11.8. The molecule has 7 heteroatoms. The second kappa shape index (κ2) is 4.33. The Morgan fingerprint density at radius 2 is 2.24 bits per heavy atom. The Bertz CT molecular complexity index is 620. The van der Waals surface area contributed by atoms with Crippen LogP contribution < -0.4 is 5.32 Å². The number of hydrogen-bond acceptors (Lipinski definition) is 5. The van der Waals surface area contributed by atoms with Gasteiger partial charge in [0.1, 0.15) is 15.4 Å². The number of hydrogen-bond donors (Lipinski definition) is 1. The zero-order valence-electron chi connectivity index (χ0n) is 9.66. The van der Waals surface area contributed by atoms with Crippen molar-refractivity contribution in [2.45, 2.75) is 13.0 Å². The van der Waals surface area contributed by atoms with Crippen LogP contribution in [0.1, 0.15) is 6.92 Å². The molecule has 0 aliphatic heterocycles. The Hall–Kier alpha value is -1.63. The van der Waals surface area contributed by atoms with Gasteiger partial charge in [0.05, 0.1) is 11.9 Å². The molecule has 0 amide bonds. The fraction of sp³-hybridized carbons (Fsp3) is 0.400. The van der Waals surface area contributed by atoms with Crippen molar-refractivity contribution in [1.29, 1.82) is 0 Å². The lowest BCUT2D eigenvalue weighted by molar-refractivity contribution is 0.598. The SMILES string of the molecule is CC(CS(C)(=O)=O)Nc1nccn2nccc12. The van der Waals surface area contributed by atoms with Crippen LogP contribution in [0.15, 0.2) is 24.7 Å². The molecule has 2 aromatic heterocycles. The van der Waals surface area contributed by atoms with Crippen molar-refractivity contribution in [1.82, 2.24) is 14.6 Å². The second-order valence-electron chi connectivity index (χ2n) is 4.07. The molecule has 0 radical (unpaired) electrons. The molecule has 0 saturated heterocycles. The standard InChI is InChI=1S/C10H14N4O2S/c1-8(7-17(2,15)16)13-10-9-3-4-12-14(9)6-5-11-10/h3-6,8H,7H2,1-2H3,(H,11,13). The van der Waals surface area contributed by atoms with Crippen molar-refractivity contribution in [2.24, 2.45) is 0 Å². The van der Waals surface area contributed by atoms with E-state index in [9.17, 15) is 8.42 Å². The lowest BCUT2D eigenvalue weighted by atomic mass is 10.3. The van der Waals surface area contributed by atoms with Crippen LogP contribution in [0.3, 0.4) is 0 Å². The lowest BCUT2D eigenvalue weighted by Gasteiger charge is -2.13. The van der Waals surface area contributed by atoms with E-state index < -0.39 is 9.84 Å². The average molecular weight is 254 g/mol. The molecule has 2 rings (SSSR count). The van der Waals surface area contributed by atoms with Crippen LogP contribution in [0.2, 0.25) is 0 Å². The van der Waals surface area contributed by atoms with Gasteiger partial charge in [-0.2, -0.15) is 5.10 Å².